The summed E-state index contributed by atoms with van der Waals surface area (Å²) in [6.07, 6.45) is -7.44. The highest BCUT2D eigenvalue weighted by Crippen LogP contribution is 2.44. The second-order valence-electron chi connectivity index (χ2n) is 16.5. The van der Waals surface area contributed by atoms with Gasteiger partial charge in [-0.3, -0.25) is 24.5 Å². The summed E-state index contributed by atoms with van der Waals surface area (Å²) in [4.78, 5) is 39.3. The molecule has 4 aromatic rings. The maximum Gasteiger partial charge on any atom is 0.406 e. The van der Waals surface area contributed by atoms with E-state index >= 15 is 4.39 Å². The molecule has 60 heavy (non-hydrogen) atoms. The number of aromatic nitrogens is 3. The minimum absolute atomic E-state index is 0.00732. The predicted octanol–water partition coefficient (Wildman–Crippen LogP) is 6.41. The first-order valence-corrected chi connectivity index (χ1v) is 20.5. The Labute approximate surface area is 345 Å². The normalized spacial score (nSPS) is 21.6. The largest absolute Gasteiger partial charge is 0.464 e. The Morgan fingerprint density at radius 3 is 2.43 bits per heavy atom. The molecule has 3 aromatic heterocycles. The highest BCUT2D eigenvalue weighted by Gasteiger charge is 2.38. The number of pyridine rings is 1. The van der Waals surface area contributed by atoms with Gasteiger partial charge in [0.2, 0.25) is 0 Å². The zero-order valence-corrected chi connectivity index (χ0v) is 34.4. The molecule has 0 saturated carbocycles. The van der Waals surface area contributed by atoms with Gasteiger partial charge >= 0.3 is 18.3 Å². The number of cyclic esters (lactones) is 1. The fourth-order valence-corrected chi connectivity index (χ4v) is 9.02. The fourth-order valence-electron chi connectivity index (χ4n) is 8.16. The van der Waals surface area contributed by atoms with Crippen molar-refractivity contribution in [2.24, 2.45) is 11.1 Å². The van der Waals surface area contributed by atoms with Gasteiger partial charge in [-0.25, -0.2) is 14.8 Å². The van der Waals surface area contributed by atoms with Crippen molar-refractivity contribution in [2.75, 3.05) is 57.9 Å². The molecule has 6 heterocycles. The third-order valence-corrected chi connectivity index (χ3v) is 12.0. The number of thiazole rings is 1. The number of nitrogens with two attached hydrogens (primary N) is 1. The Kier molecular flexibility index (Phi) is 12.3. The smallest absolute Gasteiger partial charge is 0.406 e. The first-order valence-electron chi connectivity index (χ1n) is 19.6. The SMILES string of the molecule is CO[C@@H](C)c1ncc(N2CCN(CC(F)(F)F)CC2)cc1-c1c2c3cc(c(F)cc3n1CC(F)(F)F)-c1csc(n1)C[C@H](N)C(=O)N1CCC[C@H](N1)C(=O)OCC(C)(C)C2. The van der Waals surface area contributed by atoms with Crippen LogP contribution in [-0.2, 0) is 38.4 Å². The van der Waals surface area contributed by atoms with Crippen molar-refractivity contribution in [3.05, 3.63) is 51.9 Å². The summed E-state index contributed by atoms with van der Waals surface area (Å²) in [6, 6.07) is 2.30. The van der Waals surface area contributed by atoms with Gasteiger partial charge in [0.25, 0.3) is 5.91 Å². The Hall–Kier alpha value is -4.37. The first-order chi connectivity index (χ1) is 28.2. The number of methoxy groups -OCH3 is 1. The molecule has 7 rings (SSSR count). The molecule has 2 fully saturated rings. The van der Waals surface area contributed by atoms with Crippen LogP contribution < -0.4 is 16.1 Å². The van der Waals surface area contributed by atoms with Gasteiger partial charge in [-0.15, -0.1) is 11.3 Å². The average Bonchev–Trinajstić information content (AvgIpc) is 3.75. The van der Waals surface area contributed by atoms with E-state index in [-0.39, 0.29) is 79.4 Å². The number of hydrogen-bond donors (Lipinski definition) is 2. The van der Waals surface area contributed by atoms with Crippen LogP contribution in [0.25, 0.3) is 33.4 Å². The molecule has 0 spiro atoms. The summed E-state index contributed by atoms with van der Waals surface area (Å²) in [7, 11) is 1.43. The molecule has 3 aliphatic rings. The molecule has 0 aliphatic carbocycles. The van der Waals surface area contributed by atoms with Crippen LogP contribution >= 0.6 is 11.3 Å². The fraction of sp³-hybridized carbons (Fsp3) is 0.550. The summed E-state index contributed by atoms with van der Waals surface area (Å²) in [5.41, 5.74) is 9.99. The quantitative estimate of drug-likeness (QED) is 0.166. The van der Waals surface area contributed by atoms with Gasteiger partial charge in [-0.2, -0.15) is 26.3 Å². The number of nitrogens with zero attached hydrogens (tertiary/aromatic N) is 6. The van der Waals surface area contributed by atoms with Gasteiger partial charge in [0.05, 0.1) is 64.8 Å². The molecule has 0 unspecified atom stereocenters. The van der Waals surface area contributed by atoms with Crippen molar-refractivity contribution in [1.29, 1.82) is 0 Å². The van der Waals surface area contributed by atoms with Crippen LogP contribution in [0.1, 0.15) is 56.0 Å². The van der Waals surface area contributed by atoms with Crippen molar-refractivity contribution >= 4 is 39.8 Å². The molecule has 6 bridgehead atoms. The number of ether oxygens (including phenoxy) is 2. The maximum absolute atomic E-state index is 16.4. The predicted molar refractivity (Wildman–Crippen MR) is 210 cm³/mol. The van der Waals surface area contributed by atoms with Gasteiger partial charge in [-0.1, -0.05) is 13.8 Å². The van der Waals surface area contributed by atoms with Crippen molar-refractivity contribution < 1.29 is 49.8 Å². The van der Waals surface area contributed by atoms with Crippen LogP contribution in [0, 0.1) is 11.2 Å². The molecule has 2 saturated heterocycles. The third-order valence-electron chi connectivity index (χ3n) is 11.2. The molecule has 0 radical (unpaired) electrons. The first kappa shape index (κ1) is 43.7. The van der Waals surface area contributed by atoms with Crippen molar-refractivity contribution in [1.82, 2.24) is 29.9 Å². The van der Waals surface area contributed by atoms with E-state index in [2.05, 4.69) is 10.4 Å². The molecular weight excluding hydrogens is 822 g/mol. The van der Waals surface area contributed by atoms with E-state index in [1.54, 1.807) is 32.2 Å². The molecule has 1 aromatic carbocycles. The van der Waals surface area contributed by atoms with E-state index in [0.717, 1.165) is 22.0 Å². The third kappa shape index (κ3) is 9.56. The Bertz CT molecular complexity index is 2230. The number of hydrazine groups is 1. The van der Waals surface area contributed by atoms with Gasteiger partial charge in [-0.05, 0) is 49.9 Å². The number of piperazine rings is 1. The second kappa shape index (κ2) is 16.8. The van der Waals surface area contributed by atoms with E-state index in [0.29, 0.717) is 41.0 Å². The molecule has 20 heteroatoms. The number of carbonyl (C=O) groups excluding carboxylic acids is 2. The van der Waals surface area contributed by atoms with Crippen LogP contribution in [0.2, 0.25) is 0 Å². The van der Waals surface area contributed by atoms with Crippen LogP contribution in [0.5, 0.6) is 0 Å². The molecule has 326 valence electrons. The van der Waals surface area contributed by atoms with Crippen LogP contribution in [0.3, 0.4) is 0 Å². The number of rotatable bonds is 6. The van der Waals surface area contributed by atoms with Crippen molar-refractivity contribution in [3.63, 3.8) is 0 Å². The lowest BCUT2D eigenvalue weighted by molar-refractivity contribution is -0.155. The number of benzene rings is 1. The lowest BCUT2D eigenvalue weighted by Crippen LogP contribution is -2.59. The van der Waals surface area contributed by atoms with E-state index in [4.69, 9.17) is 20.2 Å². The summed E-state index contributed by atoms with van der Waals surface area (Å²) < 4.78 is 113. The van der Waals surface area contributed by atoms with E-state index in [9.17, 15) is 35.9 Å². The van der Waals surface area contributed by atoms with E-state index in [1.807, 2.05) is 4.90 Å². The van der Waals surface area contributed by atoms with Crippen molar-refractivity contribution in [2.45, 2.75) is 83.5 Å². The molecular formula is C40H47F7N8O4S. The zero-order chi connectivity index (χ0) is 43.3. The number of fused-ring (bicyclic) bond motifs is 6. The van der Waals surface area contributed by atoms with Gasteiger partial charge in [0, 0.05) is 73.6 Å². The Morgan fingerprint density at radius 1 is 1.03 bits per heavy atom. The minimum Gasteiger partial charge on any atom is -0.464 e. The molecule has 3 aliphatic heterocycles. The summed E-state index contributed by atoms with van der Waals surface area (Å²) >= 11 is 1.16. The van der Waals surface area contributed by atoms with Crippen molar-refractivity contribution in [3.8, 4) is 22.5 Å². The number of alkyl halides is 6. The van der Waals surface area contributed by atoms with Crippen LogP contribution in [0.4, 0.5) is 36.4 Å². The highest BCUT2D eigenvalue weighted by atomic mass is 32.1. The number of carbonyl (C=O) groups is 2. The number of hydrogen-bond acceptors (Lipinski definition) is 11. The molecule has 3 atom stereocenters. The zero-order valence-electron chi connectivity index (χ0n) is 33.6. The number of amides is 1. The number of nitrogens with one attached hydrogen (secondary N) is 1. The van der Waals surface area contributed by atoms with Gasteiger partial charge in [0.1, 0.15) is 18.4 Å². The summed E-state index contributed by atoms with van der Waals surface area (Å²) in [5.74, 6) is -1.91. The lowest BCUT2D eigenvalue weighted by Gasteiger charge is -2.36. The molecule has 12 nitrogen and oxygen atoms in total. The number of halogens is 7. The number of esters is 1. The van der Waals surface area contributed by atoms with E-state index < -0.39 is 66.7 Å². The van der Waals surface area contributed by atoms with Gasteiger partial charge in [0.15, 0.2) is 0 Å². The standard InChI is InChI=1S/C40H47F7N8O4S/c1-22(58-4)34-26(12-23(17-49-34)53-10-8-52(9-11-53)19-39(42,43)44)35-27-16-38(2,3)21-59-37(57)30-6-5-7-55(51-30)36(56)29(48)15-33-50-31(18-60-33)25-13-24(27)32(14-28(25)41)54(35)20-40(45,46)47/h12-14,17-18,22,29-30,51H,5-11,15-16,19-21,48H2,1-4H3/t22-,29-,30-/m0/s1. The van der Waals surface area contributed by atoms with E-state index in [1.165, 1.54) is 29.3 Å². The van der Waals surface area contributed by atoms with Crippen LogP contribution in [0.15, 0.2) is 29.8 Å². The molecule has 1 amide bonds. The Morgan fingerprint density at radius 2 is 1.75 bits per heavy atom. The molecule has 3 N–H and O–H groups in total. The minimum atomic E-state index is -4.78. The van der Waals surface area contributed by atoms with Crippen LogP contribution in [-0.4, -0.2) is 114 Å². The monoisotopic (exact) mass is 868 g/mol. The topological polar surface area (TPSA) is 131 Å². The van der Waals surface area contributed by atoms with Gasteiger partial charge < -0.3 is 24.7 Å². The highest BCUT2D eigenvalue weighted by molar-refractivity contribution is 7.10. The number of anilines is 1. The Balaban J connectivity index is 1.43. The second-order valence-corrected chi connectivity index (χ2v) is 17.4. The lowest BCUT2D eigenvalue weighted by atomic mass is 9.84. The summed E-state index contributed by atoms with van der Waals surface area (Å²) in [5, 5.41) is 3.63. The maximum atomic E-state index is 16.4. The summed E-state index contributed by atoms with van der Waals surface area (Å²) in [6.45, 7) is 3.42. The average molecular weight is 869 g/mol.